The van der Waals surface area contributed by atoms with Gasteiger partial charge in [0.1, 0.15) is 10.8 Å². The van der Waals surface area contributed by atoms with Crippen LogP contribution in [0.2, 0.25) is 5.02 Å². The normalized spacial score (nSPS) is 10.6. The molecule has 7 nitrogen and oxygen atoms in total. The topological polar surface area (TPSA) is 88.2 Å². The number of carbonyl (C=O) groups excluding carboxylic acids is 1. The van der Waals surface area contributed by atoms with E-state index in [0.717, 1.165) is 22.7 Å². The Morgan fingerprint density at radius 2 is 1.87 bits per heavy atom. The molecule has 3 aromatic rings. The van der Waals surface area contributed by atoms with Crippen molar-refractivity contribution in [2.75, 3.05) is 29.3 Å². The number of anilines is 5. The molecule has 3 N–H and O–H groups in total. The second-order valence-corrected chi connectivity index (χ2v) is 8.97. The van der Waals surface area contributed by atoms with Crippen molar-refractivity contribution in [2.24, 2.45) is 0 Å². The maximum atomic E-state index is 11.3. The molecular weight excluding hydrogens is 421 g/mol. The zero-order valence-electron chi connectivity index (χ0n) is 17.2. The average molecular weight is 444 g/mol. The zero-order chi connectivity index (χ0) is 21.7. The Labute approximate surface area is 182 Å². The third-order valence-corrected chi connectivity index (χ3v) is 4.81. The first-order valence-electron chi connectivity index (χ1n) is 9.21. The predicted molar refractivity (Wildman–Crippen MR) is 125 cm³/mol. The van der Waals surface area contributed by atoms with Crippen molar-refractivity contribution in [2.45, 2.75) is 13.8 Å². The van der Waals surface area contributed by atoms with Crippen LogP contribution < -0.4 is 20.5 Å². The van der Waals surface area contributed by atoms with Gasteiger partial charge in [-0.1, -0.05) is 29.8 Å². The van der Waals surface area contributed by atoms with Crippen LogP contribution in [0.4, 0.5) is 28.8 Å². The van der Waals surface area contributed by atoms with Crippen LogP contribution in [-0.2, 0) is 4.79 Å². The first kappa shape index (κ1) is 21.8. The summed E-state index contributed by atoms with van der Waals surface area (Å²) in [6.45, 7) is 7.48. The number of para-hydroxylation sites is 2. The van der Waals surface area contributed by atoms with Crippen LogP contribution in [0.25, 0.3) is 0 Å². The van der Waals surface area contributed by atoms with E-state index in [2.05, 4.69) is 25.9 Å². The molecule has 0 unspecified atom stereocenters. The van der Waals surface area contributed by atoms with Gasteiger partial charge in [0.2, 0.25) is 11.9 Å². The van der Waals surface area contributed by atoms with E-state index >= 15 is 0 Å². The summed E-state index contributed by atoms with van der Waals surface area (Å²) in [6.07, 6.45) is 1.53. The number of hydrogen-bond donors (Lipinski definition) is 3. The lowest BCUT2D eigenvalue weighted by Gasteiger charge is -2.16. The Kier molecular flexibility index (Phi) is 7.08. The molecule has 0 aliphatic heterocycles. The molecule has 0 aliphatic carbocycles. The number of halogens is 1. The molecule has 0 atom stereocenters. The lowest BCUT2D eigenvalue weighted by molar-refractivity contribution is -0.114. The monoisotopic (exact) mass is 443 g/mol. The molecule has 0 fully saturated rings. The molecule has 0 radical (unpaired) electrons. The Hall–Kier alpha value is -2.89. The maximum absolute atomic E-state index is 11.3. The van der Waals surface area contributed by atoms with Gasteiger partial charge in [0, 0.05) is 18.3 Å². The van der Waals surface area contributed by atoms with Gasteiger partial charge in [0.05, 0.1) is 20.0 Å². The quantitative estimate of drug-likeness (QED) is 0.393. The van der Waals surface area contributed by atoms with Gasteiger partial charge < -0.3 is 20.5 Å². The molecule has 0 saturated heterocycles. The van der Waals surface area contributed by atoms with Gasteiger partial charge in [0.25, 0.3) is 0 Å². The summed E-state index contributed by atoms with van der Waals surface area (Å²) in [5.74, 6) is 1.42. The van der Waals surface area contributed by atoms with E-state index in [-0.39, 0.29) is 5.91 Å². The van der Waals surface area contributed by atoms with Gasteiger partial charge in [-0.25, -0.2) is 4.98 Å². The Bertz CT molecular complexity index is 1060. The molecule has 156 valence electrons. The van der Waals surface area contributed by atoms with E-state index < -0.39 is 8.15 Å². The second-order valence-electron chi connectivity index (χ2n) is 6.75. The minimum Gasteiger partial charge on any atom is -0.472 e. The van der Waals surface area contributed by atoms with Crippen LogP contribution in [0.15, 0.2) is 48.7 Å². The summed E-state index contributed by atoms with van der Waals surface area (Å²) in [4.78, 5) is 20.1. The van der Waals surface area contributed by atoms with Crippen molar-refractivity contribution < 1.29 is 9.32 Å². The number of aryl methyl sites for hydroxylation is 1. The molecule has 2 aromatic carbocycles. The molecule has 0 saturated carbocycles. The minimum atomic E-state index is -0.576. The van der Waals surface area contributed by atoms with Gasteiger partial charge in [0.15, 0.2) is 5.82 Å². The number of benzene rings is 2. The van der Waals surface area contributed by atoms with E-state index in [1.54, 1.807) is 0 Å². The standard InChI is InChI=1S/C21H23ClN5O2P/c1-13-9-10-15(24-14(2)28)11-18(13)26-21-23-12-16(22)20(27-21)25-17-7-5-6-8-19(17)29-30(3)4/h5-12H,1-4H3,(H,24,28)(H2,23,25,26,27). The predicted octanol–water partition coefficient (Wildman–Crippen LogP) is 5.92. The molecular formula is C21H23ClN5O2P. The number of carbonyl (C=O) groups is 1. The highest BCUT2D eigenvalue weighted by Crippen LogP contribution is 2.37. The molecule has 1 heterocycles. The fourth-order valence-corrected chi connectivity index (χ4v) is 3.34. The fourth-order valence-electron chi connectivity index (χ4n) is 2.65. The maximum Gasteiger partial charge on any atom is 0.229 e. The zero-order valence-corrected chi connectivity index (χ0v) is 18.8. The van der Waals surface area contributed by atoms with Crippen molar-refractivity contribution in [1.29, 1.82) is 0 Å². The number of amides is 1. The molecule has 1 aromatic heterocycles. The lowest BCUT2D eigenvalue weighted by Crippen LogP contribution is -2.07. The van der Waals surface area contributed by atoms with E-state index in [1.165, 1.54) is 13.1 Å². The van der Waals surface area contributed by atoms with Crippen LogP contribution >= 0.6 is 19.7 Å². The number of nitrogens with zero attached hydrogens (tertiary/aromatic N) is 2. The van der Waals surface area contributed by atoms with E-state index in [0.29, 0.717) is 22.5 Å². The number of nitrogens with one attached hydrogen (secondary N) is 3. The summed E-state index contributed by atoms with van der Waals surface area (Å²) < 4.78 is 5.91. The highest BCUT2D eigenvalue weighted by molar-refractivity contribution is 7.51. The largest absolute Gasteiger partial charge is 0.472 e. The van der Waals surface area contributed by atoms with Gasteiger partial charge in [-0.3, -0.25) is 4.79 Å². The summed E-state index contributed by atoms with van der Waals surface area (Å²) in [7, 11) is -0.576. The smallest absolute Gasteiger partial charge is 0.229 e. The van der Waals surface area contributed by atoms with Crippen molar-refractivity contribution in [3.63, 3.8) is 0 Å². The first-order valence-corrected chi connectivity index (χ1v) is 11.7. The average Bonchev–Trinajstić information content (AvgIpc) is 2.68. The molecule has 0 bridgehead atoms. The molecule has 0 aliphatic rings. The summed E-state index contributed by atoms with van der Waals surface area (Å²) in [6, 6.07) is 13.2. The summed E-state index contributed by atoms with van der Waals surface area (Å²) >= 11 is 6.32. The van der Waals surface area contributed by atoms with Gasteiger partial charge in [-0.05, 0) is 50.1 Å². The van der Waals surface area contributed by atoms with Crippen LogP contribution in [0.1, 0.15) is 12.5 Å². The van der Waals surface area contributed by atoms with Crippen molar-refractivity contribution >= 4 is 54.5 Å². The van der Waals surface area contributed by atoms with E-state index in [4.69, 9.17) is 16.1 Å². The SMILES string of the molecule is CC(=O)Nc1ccc(C)c(Nc2ncc(Cl)c(Nc3ccccc3OP(C)C)n2)c1. The first-order chi connectivity index (χ1) is 14.3. The molecule has 1 amide bonds. The summed E-state index contributed by atoms with van der Waals surface area (Å²) in [5.41, 5.74) is 3.21. The molecule has 3 rings (SSSR count). The summed E-state index contributed by atoms with van der Waals surface area (Å²) in [5, 5.41) is 9.57. The van der Waals surface area contributed by atoms with Gasteiger partial charge in [-0.15, -0.1) is 0 Å². The van der Waals surface area contributed by atoms with E-state index in [9.17, 15) is 4.79 Å². The third-order valence-electron chi connectivity index (χ3n) is 3.97. The Morgan fingerprint density at radius 1 is 1.10 bits per heavy atom. The van der Waals surface area contributed by atoms with Crippen molar-refractivity contribution in [3.05, 3.63) is 59.2 Å². The van der Waals surface area contributed by atoms with Crippen molar-refractivity contribution in [3.8, 4) is 5.75 Å². The van der Waals surface area contributed by atoms with Crippen LogP contribution in [0, 0.1) is 6.92 Å². The molecule has 30 heavy (non-hydrogen) atoms. The minimum absolute atomic E-state index is 0.136. The van der Waals surface area contributed by atoms with Crippen LogP contribution in [-0.4, -0.2) is 29.2 Å². The lowest BCUT2D eigenvalue weighted by atomic mass is 10.2. The molecule has 9 heteroatoms. The number of aromatic nitrogens is 2. The third kappa shape index (κ3) is 5.81. The second kappa shape index (κ2) is 9.74. The van der Waals surface area contributed by atoms with Gasteiger partial charge >= 0.3 is 0 Å². The Balaban J connectivity index is 1.86. The number of rotatable bonds is 7. The van der Waals surface area contributed by atoms with Gasteiger partial charge in [-0.2, -0.15) is 4.98 Å². The number of hydrogen-bond acceptors (Lipinski definition) is 6. The highest BCUT2D eigenvalue weighted by Gasteiger charge is 2.11. The Morgan fingerprint density at radius 3 is 2.60 bits per heavy atom. The fraction of sp³-hybridized carbons (Fsp3) is 0.190. The van der Waals surface area contributed by atoms with E-state index in [1.807, 2.05) is 62.7 Å². The highest BCUT2D eigenvalue weighted by atomic mass is 35.5. The van der Waals surface area contributed by atoms with Crippen molar-refractivity contribution in [1.82, 2.24) is 9.97 Å². The molecule has 0 spiro atoms. The van der Waals surface area contributed by atoms with Crippen LogP contribution in [0.5, 0.6) is 5.75 Å². The van der Waals surface area contributed by atoms with Crippen LogP contribution in [0.3, 0.4) is 0 Å².